The van der Waals surface area contributed by atoms with E-state index >= 15 is 0 Å². The SMILES string of the molecule is CN(c1cncc2nnnn12)C(C)(C)CN. The van der Waals surface area contributed by atoms with Crippen molar-refractivity contribution in [2.75, 3.05) is 18.5 Å². The van der Waals surface area contributed by atoms with Crippen LogP contribution in [0.2, 0.25) is 0 Å². The molecule has 0 aromatic carbocycles. The largest absolute Gasteiger partial charge is 0.352 e. The van der Waals surface area contributed by atoms with E-state index in [1.165, 1.54) is 0 Å². The summed E-state index contributed by atoms with van der Waals surface area (Å²) in [5, 5.41) is 11.4. The third-order valence-corrected chi connectivity index (χ3v) is 2.84. The molecule has 0 unspecified atom stereocenters. The fourth-order valence-corrected chi connectivity index (χ4v) is 1.34. The Bertz CT molecular complexity index is 489. The summed E-state index contributed by atoms with van der Waals surface area (Å²) in [6.45, 7) is 4.63. The molecule has 7 heteroatoms. The average Bonchev–Trinajstić information content (AvgIpc) is 2.75. The van der Waals surface area contributed by atoms with Gasteiger partial charge in [0, 0.05) is 19.1 Å². The molecule has 0 amide bonds. The fraction of sp³-hybridized carbons (Fsp3) is 0.556. The number of hydrogen-bond donors (Lipinski definition) is 1. The van der Waals surface area contributed by atoms with Crippen LogP contribution in [0.4, 0.5) is 5.82 Å². The summed E-state index contributed by atoms with van der Waals surface area (Å²) in [5.41, 5.74) is 6.18. The van der Waals surface area contributed by atoms with Crippen LogP contribution in [-0.2, 0) is 0 Å². The minimum atomic E-state index is -0.179. The molecule has 2 aromatic heterocycles. The third-order valence-electron chi connectivity index (χ3n) is 2.84. The first-order valence-corrected chi connectivity index (χ1v) is 5.02. The quantitative estimate of drug-likeness (QED) is 0.765. The Hall–Kier alpha value is -1.76. The van der Waals surface area contributed by atoms with Crippen molar-refractivity contribution >= 4 is 11.5 Å². The van der Waals surface area contributed by atoms with E-state index in [0.717, 1.165) is 5.82 Å². The van der Waals surface area contributed by atoms with Crippen molar-refractivity contribution in [2.45, 2.75) is 19.4 Å². The van der Waals surface area contributed by atoms with E-state index in [4.69, 9.17) is 5.73 Å². The van der Waals surface area contributed by atoms with Crippen LogP contribution >= 0.6 is 0 Å². The molecular formula is C9H15N7. The molecule has 2 aromatic rings. The maximum atomic E-state index is 5.74. The van der Waals surface area contributed by atoms with Gasteiger partial charge in [0.2, 0.25) is 0 Å². The van der Waals surface area contributed by atoms with Crippen LogP contribution in [0.3, 0.4) is 0 Å². The Morgan fingerprint density at radius 1 is 1.44 bits per heavy atom. The van der Waals surface area contributed by atoms with Crippen LogP contribution in [0.1, 0.15) is 13.8 Å². The van der Waals surface area contributed by atoms with Gasteiger partial charge in [-0.1, -0.05) is 0 Å². The number of hydrogen-bond acceptors (Lipinski definition) is 6. The van der Waals surface area contributed by atoms with E-state index in [9.17, 15) is 0 Å². The third kappa shape index (κ3) is 1.58. The lowest BCUT2D eigenvalue weighted by Crippen LogP contribution is -2.48. The highest BCUT2D eigenvalue weighted by Crippen LogP contribution is 2.20. The molecule has 2 rings (SSSR count). The van der Waals surface area contributed by atoms with E-state index in [2.05, 4.69) is 34.4 Å². The van der Waals surface area contributed by atoms with Crippen molar-refractivity contribution in [3.63, 3.8) is 0 Å². The summed E-state index contributed by atoms with van der Waals surface area (Å²) in [7, 11) is 1.95. The Morgan fingerprint density at radius 2 is 2.19 bits per heavy atom. The maximum Gasteiger partial charge on any atom is 0.199 e. The first-order valence-electron chi connectivity index (χ1n) is 5.02. The van der Waals surface area contributed by atoms with Crippen LogP contribution < -0.4 is 10.6 Å². The van der Waals surface area contributed by atoms with Crippen molar-refractivity contribution in [2.24, 2.45) is 5.73 Å². The van der Waals surface area contributed by atoms with Crippen molar-refractivity contribution < 1.29 is 0 Å². The molecule has 7 nitrogen and oxygen atoms in total. The molecule has 0 spiro atoms. The number of nitrogens with two attached hydrogens (primary N) is 1. The summed E-state index contributed by atoms with van der Waals surface area (Å²) in [4.78, 5) is 6.13. The van der Waals surface area contributed by atoms with Crippen LogP contribution in [0, 0.1) is 0 Å². The molecule has 0 radical (unpaired) electrons. The first-order chi connectivity index (χ1) is 7.56. The summed E-state index contributed by atoms with van der Waals surface area (Å²) in [5.74, 6) is 0.818. The van der Waals surface area contributed by atoms with Crippen LogP contribution in [-0.4, -0.2) is 44.2 Å². The van der Waals surface area contributed by atoms with Crippen molar-refractivity contribution in [1.29, 1.82) is 0 Å². The zero-order chi connectivity index (χ0) is 11.8. The maximum absolute atomic E-state index is 5.74. The molecule has 0 aliphatic carbocycles. The lowest BCUT2D eigenvalue weighted by Gasteiger charge is -2.35. The molecule has 2 heterocycles. The normalized spacial score (nSPS) is 12.0. The van der Waals surface area contributed by atoms with Gasteiger partial charge in [0.25, 0.3) is 0 Å². The molecule has 0 aliphatic heterocycles. The summed E-state index contributed by atoms with van der Waals surface area (Å²) in [6.07, 6.45) is 3.34. The lowest BCUT2D eigenvalue weighted by molar-refractivity contribution is 0.489. The summed E-state index contributed by atoms with van der Waals surface area (Å²) < 4.78 is 1.64. The highest BCUT2D eigenvalue weighted by Gasteiger charge is 2.24. The molecule has 0 atom stereocenters. The minimum Gasteiger partial charge on any atom is -0.352 e. The zero-order valence-corrected chi connectivity index (χ0v) is 9.62. The molecular weight excluding hydrogens is 206 g/mol. The van der Waals surface area contributed by atoms with Gasteiger partial charge in [0.15, 0.2) is 11.5 Å². The number of likely N-dealkylation sites (N-methyl/N-ethyl adjacent to an activating group) is 1. The molecule has 0 fully saturated rings. The Balaban J connectivity index is 2.51. The second kappa shape index (κ2) is 3.67. The second-order valence-electron chi connectivity index (χ2n) is 4.29. The van der Waals surface area contributed by atoms with Gasteiger partial charge in [-0.15, -0.1) is 5.10 Å². The van der Waals surface area contributed by atoms with Gasteiger partial charge in [-0.25, -0.2) is 0 Å². The average molecular weight is 221 g/mol. The number of aromatic nitrogens is 5. The summed E-state index contributed by atoms with van der Waals surface area (Å²) in [6, 6.07) is 0. The van der Waals surface area contributed by atoms with E-state index in [-0.39, 0.29) is 5.54 Å². The minimum absolute atomic E-state index is 0.179. The number of tetrazole rings is 1. The highest BCUT2D eigenvalue weighted by atomic mass is 15.5. The number of fused-ring (bicyclic) bond motifs is 1. The van der Waals surface area contributed by atoms with Gasteiger partial charge in [-0.05, 0) is 24.3 Å². The van der Waals surface area contributed by atoms with Crippen LogP contribution in [0.25, 0.3) is 5.65 Å². The Labute approximate surface area is 93.3 Å². The van der Waals surface area contributed by atoms with Gasteiger partial charge in [0.1, 0.15) is 0 Å². The predicted octanol–water partition coefficient (Wildman–Crippen LogP) is -0.307. The monoisotopic (exact) mass is 221 g/mol. The van der Waals surface area contributed by atoms with Gasteiger partial charge in [-0.2, -0.15) is 4.52 Å². The lowest BCUT2D eigenvalue weighted by atomic mass is 10.0. The Morgan fingerprint density at radius 3 is 2.88 bits per heavy atom. The summed E-state index contributed by atoms with van der Waals surface area (Å²) >= 11 is 0. The van der Waals surface area contributed by atoms with E-state index in [1.807, 2.05) is 11.9 Å². The van der Waals surface area contributed by atoms with Crippen molar-refractivity contribution in [3.05, 3.63) is 12.4 Å². The topological polar surface area (TPSA) is 85.2 Å². The molecule has 0 saturated heterocycles. The molecule has 0 saturated carbocycles. The molecule has 16 heavy (non-hydrogen) atoms. The molecule has 2 N–H and O–H groups in total. The van der Waals surface area contributed by atoms with Crippen molar-refractivity contribution in [1.82, 2.24) is 25.0 Å². The number of anilines is 1. The van der Waals surface area contributed by atoms with Gasteiger partial charge >= 0.3 is 0 Å². The van der Waals surface area contributed by atoms with E-state index in [0.29, 0.717) is 12.2 Å². The van der Waals surface area contributed by atoms with Gasteiger partial charge in [-0.3, -0.25) is 4.98 Å². The van der Waals surface area contributed by atoms with Gasteiger partial charge < -0.3 is 10.6 Å². The smallest absolute Gasteiger partial charge is 0.199 e. The fourth-order valence-electron chi connectivity index (χ4n) is 1.34. The van der Waals surface area contributed by atoms with Crippen LogP contribution in [0.15, 0.2) is 12.4 Å². The Kier molecular flexibility index (Phi) is 2.47. The predicted molar refractivity (Wildman–Crippen MR) is 60.1 cm³/mol. The van der Waals surface area contributed by atoms with Gasteiger partial charge in [0.05, 0.1) is 12.4 Å². The zero-order valence-electron chi connectivity index (χ0n) is 9.62. The van der Waals surface area contributed by atoms with Crippen molar-refractivity contribution in [3.8, 4) is 0 Å². The molecule has 0 bridgehead atoms. The number of rotatable bonds is 3. The van der Waals surface area contributed by atoms with E-state index < -0.39 is 0 Å². The molecule has 0 aliphatic rings. The van der Waals surface area contributed by atoms with E-state index in [1.54, 1.807) is 16.9 Å². The molecule has 86 valence electrons. The number of nitrogens with zero attached hydrogens (tertiary/aromatic N) is 6. The highest BCUT2D eigenvalue weighted by molar-refractivity contribution is 5.47. The standard InChI is InChI=1S/C9H15N7/c1-9(2,6-10)15(3)8-5-11-4-7-12-13-14-16(7)8/h4-5H,6,10H2,1-3H3. The first kappa shape index (κ1) is 10.7. The van der Waals surface area contributed by atoms with Crippen LogP contribution in [0.5, 0.6) is 0 Å². The second-order valence-corrected chi connectivity index (χ2v) is 4.29.